The van der Waals surface area contributed by atoms with Crippen LogP contribution in [0.5, 0.6) is 0 Å². The van der Waals surface area contributed by atoms with Crippen molar-refractivity contribution in [2.45, 2.75) is 159 Å². The summed E-state index contributed by atoms with van der Waals surface area (Å²) in [7, 11) is 1.38. The second-order valence-corrected chi connectivity index (χ2v) is 11.8. The predicted molar refractivity (Wildman–Crippen MR) is 158 cm³/mol. The molecular weight excluding hydrogens is 510 g/mol. The second kappa shape index (κ2) is 21.6. The molecule has 2 fully saturated rings. The maximum atomic E-state index is 11.1. The molecule has 0 radical (unpaired) electrons. The Morgan fingerprint density at radius 2 is 1.57 bits per heavy atom. The lowest BCUT2D eigenvalue weighted by atomic mass is 9.94. The number of methoxy groups -OCH3 is 1. The Bertz CT molecular complexity index is 676. The Labute approximate surface area is 243 Å². The van der Waals surface area contributed by atoms with Gasteiger partial charge in [-0.15, -0.1) is 0 Å². The highest BCUT2D eigenvalue weighted by atomic mass is 16.8. The van der Waals surface area contributed by atoms with Crippen LogP contribution in [0.1, 0.15) is 128 Å². The summed E-state index contributed by atoms with van der Waals surface area (Å²) in [6.07, 6.45) is 25.3. The Morgan fingerprint density at radius 3 is 2.20 bits per heavy atom. The molecule has 2 bridgehead atoms. The summed E-state index contributed by atoms with van der Waals surface area (Å²) >= 11 is 0. The Morgan fingerprint density at radius 1 is 0.950 bits per heavy atom. The van der Waals surface area contributed by atoms with Crippen LogP contribution in [0.2, 0.25) is 0 Å². The van der Waals surface area contributed by atoms with Crippen LogP contribution in [0, 0.1) is 0 Å². The van der Waals surface area contributed by atoms with E-state index in [1.54, 1.807) is 0 Å². The summed E-state index contributed by atoms with van der Waals surface area (Å²) in [4.78, 5) is 11.1. The number of unbranched alkanes of at least 4 members (excludes halogenated alkanes) is 14. The molecule has 2 saturated heterocycles. The van der Waals surface area contributed by atoms with Gasteiger partial charge in [-0.25, -0.2) is 4.79 Å². The summed E-state index contributed by atoms with van der Waals surface area (Å²) in [5.41, 5.74) is 5.61. The molecule has 0 spiro atoms. The zero-order chi connectivity index (χ0) is 28.9. The van der Waals surface area contributed by atoms with Crippen molar-refractivity contribution in [1.29, 1.82) is 0 Å². The summed E-state index contributed by atoms with van der Waals surface area (Å²) in [5.74, 6) is -0.801. The summed E-state index contributed by atoms with van der Waals surface area (Å²) in [6.45, 7) is 1.19. The first-order chi connectivity index (χ1) is 19.5. The minimum Gasteiger partial charge on any atom is -0.466 e. The summed E-state index contributed by atoms with van der Waals surface area (Å²) in [5, 5.41) is 19.3. The van der Waals surface area contributed by atoms with E-state index in [-0.39, 0.29) is 30.8 Å². The first kappa shape index (κ1) is 35.2. The molecule has 0 aromatic rings. The SMILES string of the molecule is COC(=O)C=CCCCCC1OC2(CCCCCCCCCCCCCCCOCC(N)CO)CCC(O)C1O2. The zero-order valence-corrected chi connectivity index (χ0v) is 25.2. The van der Waals surface area contributed by atoms with Crippen molar-refractivity contribution in [3.05, 3.63) is 12.2 Å². The molecule has 4 N–H and O–H groups in total. The van der Waals surface area contributed by atoms with E-state index >= 15 is 0 Å². The number of fused-ring (bicyclic) bond motifs is 2. The molecule has 0 amide bonds. The van der Waals surface area contributed by atoms with Crippen LogP contribution in [0.15, 0.2) is 12.2 Å². The van der Waals surface area contributed by atoms with Gasteiger partial charge in [-0.05, 0) is 38.5 Å². The minimum absolute atomic E-state index is 0.0117. The summed E-state index contributed by atoms with van der Waals surface area (Å²) in [6, 6.07) is -0.248. The molecular formula is C32H59NO7. The van der Waals surface area contributed by atoms with Gasteiger partial charge in [-0.3, -0.25) is 0 Å². The van der Waals surface area contributed by atoms with Gasteiger partial charge in [0, 0.05) is 25.5 Å². The van der Waals surface area contributed by atoms with Gasteiger partial charge < -0.3 is 34.9 Å². The fraction of sp³-hybridized carbons (Fsp3) is 0.906. The smallest absolute Gasteiger partial charge is 0.330 e. The van der Waals surface area contributed by atoms with Crippen molar-refractivity contribution in [2.24, 2.45) is 5.73 Å². The van der Waals surface area contributed by atoms with Crippen molar-refractivity contribution in [3.8, 4) is 0 Å². The van der Waals surface area contributed by atoms with Crippen LogP contribution in [0.25, 0.3) is 0 Å². The number of nitrogens with two attached hydrogens (primary N) is 1. The van der Waals surface area contributed by atoms with E-state index in [1.807, 2.05) is 6.08 Å². The predicted octanol–water partition coefficient (Wildman–Crippen LogP) is 5.71. The lowest BCUT2D eigenvalue weighted by Gasteiger charge is -2.33. The van der Waals surface area contributed by atoms with Gasteiger partial charge in [0.2, 0.25) is 0 Å². The van der Waals surface area contributed by atoms with Crippen LogP contribution in [-0.2, 0) is 23.7 Å². The van der Waals surface area contributed by atoms with E-state index in [9.17, 15) is 9.90 Å². The average Bonchev–Trinajstić information content (AvgIpc) is 3.27. The number of ether oxygens (including phenoxy) is 4. The highest BCUT2D eigenvalue weighted by Gasteiger charge is 2.52. The molecule has 2 aliphatic rings. The first-order valence-corrected chi connectivity index (χ1v) is 16.2. The monoisotopic (exact) mass is 569 g/mol. The largest absolute Gasteiger partial charge is 0.466 e. The normalized spacial score (nSPS) is 25.1. The van der Waals surface area contributed by atoms with Gasteiger partial charge >= 0.3 is 5.97 Å². The van der Waals surface area contributed by atoms with E-state index in [2.05, 4.69) is 4.74 Å². The Hall–Kier alpha value is -1.03. The van der Waals surface area contributed by atoms with E-state index in [1.165, 1.54) is 83.8 Å². The third-order valence-electron chi connectivity index (χ3n) is 8.26. The third-order valence-corrected chi connectivity index (χ3v) is 8.26. The summed E-state index contributed by atoms with van der Waals surface area (Å²) < 4.78 is 22.8. The number of rotatable bonds is 25. The van der Waals surface area contributed by atoms with Crippen LogP contribution in [0.3, 0.4) is 0 Å². The molecule has 2 heterocycles. The molecule has 234 valence electrons. The van der Waals surface area contributed by atoms with Crippen molar-refractivity contribution in [1.82, 2.24) is 0 Å². The first-order valence-electron chi connectivity index (χ1n) is 16.2. The molecule has 8 nitrogen and oxygen atoms in total. The van der Waals surface area contributed by atoms with Gasteiger partial charge in [0.1, 0.15) is 6.10 Å². The average molecular weight is 570 g/mol. The van der Waals surface area contributed by atoms with Gasteiger partial charge in [0.05, 0.1) is 38.6 Å². The van der Waals surface area contributed by atoms with Crippen molar-refractivity contribution in [3.63, 3.8) is 0 Å². The number of hydrogen-bond acceptors (Lipinski definition) is 8. The van der Waals surface area contributed by atoms with Gasteiger partial charge in [0.25, 0.3) is 0 Å². The van der Waals surface area contributed by atoms with Crippen LogP contribution >= 0.6 is 0 Å². The van der Waals surface area contributed by atoms with Gasteiger partial charge in [-0.2, -0.15) is 0 Å². The van der Waals surface area contributed by atoms with E-state index in [4.69, 9.17) is 25.1 Å². The Kier molecular flexibility index (Phi) is 19.0. The number of allylic oxidation sites excluding steroid dienone is 1. The molecule has 2 rings (SSSR count). The van der Waals surface area contributed by atoms with Crippen LogP contribution in [-0.4, -0.2) is 73.3 Å². The number of carbonyl (C=O) groups excluding carboxylic acids is 1. The second-order valence-electron chi connectivity index (χ2n) is 11.8. The molecule has 2 aliphatic heterocycles. The fourth-order valence-corrected chi connectivity index (χ4v) is 5.82. The van der Waals surface area contributed by atoms with Crippen LogP contribution < -0.4 is 5.73 Å². The topological polar surface area (TPSA) is 120 Å². The molecule has 0 saturated carbocycles. The molecule has 0 aliphatic carbocycles. The molecule has 0 aromatic carbocycles. The van der Waals surface area contributed by atoms with E-state index in [0.717, 1.165) is 64.4 Å². The van der Waals surface area contributed by atoms with Gasteiger partial charge in [0.15, 0.2) is 5.79 Å². The minimum atomic E-state index is -0.486. The van der Waals surface area contributed by atoms with Crippen LogP contribution in [0.4, 0.5) is 0 Å². The van der Waals surface area contributed by atoms with E-state index in [0.29, 0.717) is 6.61 Å². The van der Waals surface area contributed by atoms with Crippen molar-refractivity contribution in [2.75, 3.05) is 26.9 Å². The fourth-order valence-electron chi connectivity index (χ4n) is 5.82. The van der Waals surface area contributed by atoms with Crippen molar-refractivity contribution < 1.29 is 34.0 Å². The zero-order valence-electron chi connectivity index (χ0n) is 25.2. The quantitative estimate of drug-likeness (QED) is 0.0727. The molecule has 0 aromatic heterocycles. The standard InChI is InChI=1S/C32H59NO7/c1-37-30(36)20-16-12-11-15-19-29-31-28(35)21-23-32(39-29,40-31)22-17-13-9-7-5-3-2-4-6-8-10-14-18-24-38-26-27(33)25-34/h16,20,27-29,31,34-35H,2-15,17-19,21-26,33H2,1H3. The van der Waals surface area contributed by atoms with E-state index < -0.39 is 11.9 Å². The Balaban J connectivity index is 1.42. The lowest BCUT2D eigenvalue weighted by molar-refractivity contribution is -0.214. The van der Waals surface area contributed by atoms with Gasteiger partial charge in [-0.1, -0.05) is 83.1 Å². The lowest BCUT2D eigenvalue weighted by Crippen LogP contribution is -2.41. The molecule has 5 atom stereocenters. The number of aliphatic hydroxyl groups excluding tert-OH is 2. The third kappa shape index (κ3) is 14.7. The number of hydrogen-bond donors (Lipinski definition) is 3. The molecule has 40 heavy (non-hydrogen) atoms. The molecule has 8 heteroatoms. The maximum Gasteiger partial charge on any atom is 0.330 e. The highest BCUT2D eigenvalue weighted by molar-refractivity contribution is 5.81. The number of aliphatic hydroxyl groups is 2. The van der Waals surface area contributed by atoms with Crippen molar-refractivity contribution >= 4 is 5.97 Å². The number of carbonyl (C=O) groups is 1. The maximum absolute atomic E-state index is 11.1. The number of esters is 1. The highest BCUT2D eigenvalue weighted by Crippen LogP contribution is 2.44. The molecule has 5 unspecified atom stereocenters.